The number of hydrogen-bond donors (Lipinski definition) is 1. The molecule has 0 saturated carbocycles. The molecule has 1 aromatic heterocycles. The molecule has 1 aliphatic heterocycles. The smallest absolute Gasteiger partial charge is 0.282 e. The van der Waals surface area contributed by atoms with Gasteiger partial charge in [-0.25, -0.2) is 9.13 Å². The van der Waals surface area contributed by atoms with Crippen LogP contribution in [0.5, 0.6) is 0 Å². The van der Waals surface area contributed by atoms with Gasteiger partial charge in [-0.3, -0.25) is 4.55 Å². The van der Waals surface area contributed by atoms with E-state index in [4.69, 9.17) is 23.2 Å². The summed E-state index contributed by atoms with van der Waals surface area (Å²) in [5.74, 6) is 1.94. The van der Waals surface area contributed by atoms with Crippen molar-refractivity contribution in [2.75, 3.05) is 28.6 Å². The van der Waals surface area contributed by atoms with Crippen LogP contribution in [0.4, 0.5) is 11.4 Å². The maximum Gasteiger partial charge on any atom is 0.282 e. The first-order valence-electron chi connectivity index (χ1n) is 15.0. The Bertz CT molecular complexity index is 1580. The van der Waals surface area contributed by atoms with Crippen LogP contribution in [0.25, 0.3) is 17.1 Å². The highest BCUT2D eigenvalue weighted by Crippen LogP contribution is 2.43. The van der Waals surface area contributed by atoms with E-state index in [2.05, 4.69) is 70.9 Å². The van der Waals surface area contributed by atoms with E-state index in [9.17, 15) is 13.0 Å². The summed E-state index contributed by atoms with van der Waals surface area (Å²) < 4.78 is 36.6. The molecule has 0 amide bonds. The molecular formula is C32H43Cl2N4O3S+. The van der Waals surface area contributed by atoms with Crippen molar-refractivity contribution in [2.24, 2.45) is 0 Å². The monoisotopic (exact) mass is 633 g/mol. The molecule has 1 N–H and O–H groups in total. The quantitative estimate of drug-likeness (QED) is 0.110. The van der Waals surface area contributed by atoms with Crippen LogP contribution in [0.3, 0.4) is 0 Å². The van der Waals surface area contributed by atoms with E-state index in [0.717, 1.165) is 72.5 Å². The van der Waals surface area contributed by atoms with Gasteiger partial charge in [0.15, 0.2) is 11.0 Å². The maximum absolute atomic E-state index is 11.3. The molecule has 2 aromatic carbocycles. The van der Waals surface area contributed by atoms with Crippen molar-refractivity contribution in [1.29, 1.82) is 0 Å². The average Bonchev–Trinajstić information content (AvgIpc) is 3.40. The van der Waals surface area contributed by atoms with Crippen LogP contribution in [-0.2, 0) is 23.2 Å². The first-order valence-corrected chi connectivity index (χ1v) is 17.4. The van der Waals surface area contributed by atoms with E-state index in [-0.39, 0.29) is 5.75 Å². The molecule has 1 aliphatic rings. The second kappa shape index (κ2) is 14.3. The molecule has 42 heavy (non-hydrogen) atoms. The first-order chi connectivity index (χ1) is 20.1. The van der Waals surface area contributed by atoms with Gasteiger partial charge >= 0.3 is 0 Å². The second-order valence-corrected chi connectivity index (χ2v) is 13.1. The van der Waals surface area contributed by atoms with Crippen LogP contribution >= 0.6 is 23.2 Å². The fourth-order valence-electron chi connectivity index (χ4n) is 5.77. The molecule has 0 radical (unpaired) electrons. The van der Waals surface area contributed by atoms with Gasteiger partial charge in [-0.05, 0) is 87.9 Å². The minimum atomic E-state index is -3.99. The van der Waals surface area contributed by atoms with Crippen molar-refractivity contribution in [1.82, 2.24) is 4.57 Å². The molecule has 10 heteroatoms. The lowest BCUT2D eigenvalue weighted by atomic mass is 10.1. The number of unbranched alkanes of at least 4 members (excludes halogenated alkanes) is 3. The lowest BCUT2D eigenvalue weighted by Crippen LogP contribution is -2.35. The summed E-state index contributed by atoms with van der Waals surface area (Å²) in [5.41, 5.74) is 5.58. The topological polar surface area (TPSA) is 69.7 Å². The molecule has 228 valence electrons. The summed E-state index contributed by atoms with van der Waals surface area (Å²) in [6, 6.07) is 12.1. The van der Waals surface area contributed by atoms with Crippen LogP contribution in [-0.4, -0.2) is 36.4 Å². The Morgan fingerprint density at radius 2 is 1.62 bits per heavy atom. The maximum atomic E-state index is 11.3. The van der Waals surface area contributed by atoms with Gasteiger partial charge in [0.2, 0.25) is 0 Å². The molecule has 3 aromatic rings. The molecule has 4 rings (SSSR count). The Kier molecular flexibility index (Phi) is 11.0. The zero-order chi connectivity index (χ0) is 30.4. The van der Waals surface area contributed by atoms with Gasteiger partial charge in [-0.2, -0.15) is 8.42 Å². The summed E-state index contributed by atoms with van der Waals surface area (Å²) >= 11 is 12.9. The van der Waals surface area contributed by atoms with Crippen molar-refractivity contribution >= 4 is 61.8 Å². The molecule has 0 aliphatic carbocycles. The molecule has 0 bridgehead atoms. The highest BCUT2D eigenvalue weighted by Gasteiger charge is 2.31. The molecule has 0 fully saturated rings. The fraction of sp³-hybridized carbons (Fsp3) is 0.469. The summed E-state index contributed by atoms with van der Waals surface area (Å²) in [6.07, 6.45) is 9.78. The van der Waals surface area contributed by atoms with Crippen molar-refractivity contribution in [3.8, 4) is 0 Å². The molecule has 2 heterocycles. The third-order valence-electron chi connectivity index (χ3n) is 7.83. The Labute approximate surface area is 260 Å². The Morgan fingerprint density at radius 1 is 0.905 bits per heavy atom. The number of rotatable bonds is 14. The van der Waals surface area contributed by atoms with Crippen LogP contribution in [0, 0.1) is 0 Å². The molecular weight excluding hydrogens is 591 g/mol. The number of nitrogens with zero attached hydrogens (tertiary/aromatic N) is 4. The van der Waals surface area contributed by atoms with Gasteiger partial charge in [0.05, 0.1) is 30.2 Å². The number of aromatic nitrogens is 2. The van der Waals surface area contributed by atoms with Crippen LogP contribution < -0.4 is 14.4 Å². The number of aryl methyl sites for hydroxylation is 2. The minimum Gasteiger partial charge on any atom is -0.326 e. The number of imidazole rings is 1. The predicted molar refractivity (Wildman–Crippen MR) is 176 cm³/mol. The number of anilines is 2. The number of allylic oxidation sites excluding steroid dienone is 2. The Balaban J connectivity index is 1.81. The van der Waals surface area contributed by atoms with E-state index in [1.54, 1.807) is 0 Å². The van der Waals surface area contributed by atoms with E-state index < -0.39 is 10.1 Å². The van der Waals surface area contributed by atoms with Crippen molar-refractivity contribution in [3.63, 3.8) is 0 Å². The van der Waals surface area contributed by atoms with Gasteiger partial charge in [-0.1, -0.05) is 43.5 Å². The van der Waals surface area contributed by atoms with Gasteiger partial charge in [0, 0.05) is 35.3 Å². The van der Waals surface area contributed by atoms with Crippen molar-refractivity contribution in [3.05, 3.63) is 69.7 Å². The third kappa shape index (κ3) is 7.33. The predicted octanol–water partition coefficient (Wildman–Crippen LogP) is 8.10. The lowest BCUT2D eigenvalue weighted by Gasteiger charge is -2.25. The number of benzene rings is 2. The van der Waals surface area contributed by atoms with Gasteiger partial charge in [-0.15, -0.1) is 0 Å². The van der Waals surface area contributed by atoms with E-state index in [1.807, 2.05) is 24.3 Å². The van der Waals surface area contributed by atoms with Crippen molar-refractivity contribution < 1.29 is 17.5 Å². The highest BCUT2D eigenvalue weighted by atomic mass is 35.5. The Hall–Kier alpha value is -2.52. The first kappa shape index (κ1) is 32.4. The molecule has 7 nitrogen and oxygen atoms in total. The van der Waals surface area contributed by atoms with Crippen LogP contribution in [0.1, 0.15) is 72.0 Å². The highest BCUT2D eigenvalue weighted by molar-refractivity contribution is 7.85. The SMILES string of the molecule is CCCCCn1c(C=C(C=C2N(CC)c3ccc(Cl)cc3N2CCCCS(=O)(=O)O)CC)[n+](CC)c2ccc(Cl)cc21. The standard InChI is InChI=1S/C32H42Cl2N4O3S/c1-5-9-10-17-37-29-22-25(33)13-15-27(29)35(7-3)31(37)20-24(6-2)21-32-36(8-4)28-16-14-26(34)23-30(28)38(32)18-11-12-19-42(39,40)41/h13-16,20-23H,5-12,17-19H2,1-4H3/p+1. The number of halogens is 2. The van der Waals surface area contributed by atoms with E-state index >= 15 is 0 Å². The minimum absolute atomic E-state index is 0.247. The summed E-state index contributed by atoms with van der Waals surface area (Å²) in [4.78, 5) is 4.51. The van der Waals surface area contributed by atoms with Gasteiger partial charge < -0.3 is 9.80 Å². The normalized spacial score (nSPS) is 14.9. The molecule has 0 spiro atoms. The molecule has 0 unspecified atom stereocenters. The summed E-state index contributed by atoms with van der Waals surface area (Å²) in [6.45, 7) is 11.8. The largest absolute Gasteiger partial charge is 0.326 e. The van der Waals surface area contributed by atoms with Crippen LogP contribution in [0.2, 0.25) is 10.0 Å². The molecule has 0 atom stereocenters. The van der Waals surface area contributed by atoms with Crippen molar-refractivity contribution in [2.45, 2.75) is 79.3 Å². The van der Waals surface area contributed by atoms with E-state index in [1.165, 1.54) is 17.5 Å². The third-order valence-corrected chi connectivity index (χ3v) is 9.11. The summed E-state index contributed by atoms with van der Waals surface area (Å²) in [5, 5.41) is 1.39. The number of hydrogen-bond acceptors (Lipinski definition) is 4. The van der Waals surface area contributed by atoms with Crippen LogP contribution in [0.15, 0.2) is 53.9 Å². The zero-order valence-electron chi connectivity index (χ0n) is 25.1. The van der Waals surface area contributed by atoms with E-state index in [0.29, 0.717) is 24.4 Å². The summed E-state index contributed by atoms with van der Waals surface area (Å²) in [7, 11) is -3.99. The zero-order valence-corrected chi connectivity index (χ0v) is 27.4. The second-order valence-electron chi connectivity index (χ2n) is 10.7. The average molecular weight is 635 g/mol. The lowest BCUT2D eigenvalue weighted by molar-refractivity contribution is -0.670. The Morgan fingerprint density at radius 3 is 2.29 bits per heavy atom. The number of fused-ring (bicyclic) bond motifs is 2. The van der Waals surface area contributed by atoms with Gasteiger partial charge in [0.25, 0.3) is 15.9 Å². The van der Waals surface area contributed by atoms with Gasteiger partial charge in [0.1, 0.15) is 5.82 Å². The fourth-order valence-corrected chi connectivity index (χ4v) is 6.67. The molecule has 0 saturated heterocycles.